The summed E-state index contributed by atoms with van der Waals surface area (Å²) in [5, 5.41) is 6.11. The molecule has 0 bridgehead atoms. The van der Waals surface area contributed by atoms with Gasteiger partial charge in [-0.25, -0.2) is 0 Å². The number of piperidine rings is 1. The van der Waals surface area contributed by atoms with Gasteiger partial charge in [0.15, 0.2) is 0 Å². The molecule has 2 saturated heterocycles. The Bertz CT molecular complexity index is 323. The number of rotatable bonds is 5. The lowest BCUT2D eigenvalue weighted by molar-refractivity contribution is -0.132. The van der Waals surface area contributed by atoms with E-state index < -0.39 is 0 Å². The maximum Gasteiger partial charge on any atom is 0.234 e. The SMILES string of the molecule is O=C(CN1CCNCC1)NCCC(=O)N1CCCCC1. The van der Waals surface area contributed by atoms with Gasteiger partial charge < -0.3 is 15.5 Å². The van der Waals surface area contributed by atoms with Gasteiger partial charge in [0, 0.05) is 52.2 Å². The van der Waals surface area contributed by atoms with Crippen LogP contribution in [0.1, 0.15) is 25.7 Å². The molecule has 2 fully saturated rings. The van der Waals surface area contributed by atoms with Crippen LogP contribution in [0, 0.1) is 0 Å². The third kappa shape index (κ3) is 5.09. The van der Waals surface area contributed by atoms with E-state index in [-0.39, 0.29) is 11.8 Å². The zero-order valence-corrected chi connectivity index (χ0v) is 12.2. The second-order valence-electron chi connectivity index (χ2n) is 5.57. The predicted octanol–water partition coefficient (Wildman–Crippen LogP) is -0.590. The molecule has 0 aromatic heterocycles. The van der Waals surface area contributed by atoms with Crippen LogP contribution in [0.25, 0.3) is 0 Å². The van der Waals surface area contributed by atoms with E-state index in [0.717, 1.165) is 52.1 Å². The second-order valence-corrected chi connectivity index (χ2v) is 5.57. The van der Waals surface area contributed by atoms with Gasteiger partial charge in [-0.05, 0) is 19.3 Å². The van der Waals surface area contributed by atoms with Crippen molar-refractivity contribution in [3.8, 4) is 0 Å². The summed E-state index contributed by atoms with van der Waals surface area (Å²) in [6.45, 7) is 6.39. The van der Waals surface area contributed by atoms with Gasteiger partial charge in [0.05, 0.1) is 6.54 Å². The van der Waals surface area contributed by atoms with Crippen LogP contribution in [0.2, 0.25) is 0 Å². The van der Waals surface area contributed by atoms with Gasteiger partial charge in [-0.3, -0.25) is 14.5 Å². The van der Waals surface area contributed by atoms with Gasteiger partial charge in [0.2, 0.25) is 11.8 Å². The van der Waals surface area contributed by atoms with Crippen LogP contribution in [-0.4, -0.2) is 74.0 Å². The zero-order valence-electron chi connectivity index (χ0n) is 12.2. The Labute approximate surface area is 120 Å². The molecule has 0 unspecified atom stereocenters. The smallest absolute Gasteiger partial charge is 0.234 e. The molecule has 0 radical (unpaired) electrons. The van der Waals surface area contributed by atoms with E-state index in [4.69, 9.17) is 0 Å². The minimum atomic E-state index is 0.0262. The molecule has 6 nitrogen and oxygen atoms in total. The summed E-state index contributed by atoms with van der Waals surface area (Å²) >= 11 is 0. The molecule has 0 aromatic rings. The van der Waals surface area contributed by atoms with Crippen molar-refractivity contribution in [2.45, 2.75) is 25.7 Å². The van der Waals surface area contributed by atoms with Crippen molar-refractivity contribution >= 4 is 11.8 Å². The molecular formula is C14H26N4O2. The maximum absolute atomic E-state index is 11.9. The Hall–Kier alpha value is -1.14. The Morgan fingerprint density at radius 1 is 1.00 bits per heavy atom. The van der Waals surface area contributed by atoms with Crippen LogP contribution in [0.5, 0.6) is 0 Å². The summed E-state index contributed by atoms with van der Waals surface area (Å²) in [6.07, 6.45) is 3.88. The first-order valence-electron chi connectivity index (χ1n) is 7.73. The fraction of sp³-hybridized carbons (Fsp3) is 0.857. The van der Waals surface area contributed by atoms with Crippen molar-refractivity contribution in [2.24, 2.45) is 0 Å². The highest BCUT2D eigenvalue weighted by Crippen LogP contribution is 2.09. The number of hydrogen-bond donors (Lipinski definition) is 2. The fourth-order valence-electron chi connectivity index (χ4n) is 2.74. The highest BCUT2D eigenvalue weighted by atomic mass is 16.2. The van der Waals surface area contributed by atoms with Crippen LogP contribution in [0.3, 0.4) is 0 Å². The summed E-state index contributed by atoms with van der Waals surface area (Å²) < 4.78 is 0. The van der Waals surface area contributed by atoms with Crippen molar-refractivity contribution < 1.29 is 9.59 Å². The largest absolute Gasteiger partial charge is 0.354 e. The average molecular weight is 282 g/mol. The summed E-state index contributed by atoms with van der Waals surface area (Å²) in [5.41, 5.74) is 0. The van der Waals surface area contributed by atoms with E-state index in [9.17, 15) is 9.59 Å². The number of nitrogens with zero attached hydrogens (tertiary/aromatic N) is 2. The van der Waals surface area contributed by atoms with Crippen LogP contribution in [0.4, 0.5) is 0 Å². The average Bonchev–Trinajstić information content (AvgIpc) is 2.49. The lowest BCUT2D eigenvalue weighted by Crippen LogP contribution is -2.47. The number of piperazine rings is 1. The lowest BCUT2D eigenvalue weighted by Gasteiger charge is -2.27. The van der Waals surface area contributed by atoms with Gasteiger partial charge in [-0.15, -0.1) is 0 Å². The number of amides is 2. The van der Waals surface area contributed by atoms with E-state index in [2.05, 4.69) is 15.5 Å². The second kappa shape index (κ2) is 8.21. The Kier molecular flexibility index (Phi) is 6.26. The molecule has 2 rings (SSSR count). The molecule has 2 heterocycles. The molecule has 0 saturated carbocycles. The topological polar surface area (TPSA) is 64.7 Å². The number of hydrogen-bond acceptors (Lipinski definition) is 4. The van der Waals surface area contributed by atoms with Crippen molar-refractivity contribution in [3.05, 3.63) is 0 Å². The zero-order chi connectivity index (χ0) is 14.2. The number of carbonyl (C=O) groups excluding carboxylic acids is 2. The van der Waals surface area contributed by atoms with Gasteiger partial charge in [-0.1, -0.05) is 0 Å². The van der Waals surface area contributed by atoms with Crippen molar-refractivity contribution in [2.75, 3.05) is 52.4 Å². The Balaban J connectivity index is 1.57. The van der Waals surface area contributed by atoms with Gasteiger partial charge in [-0.2, -0.15) is 0 Å². The van der Waals surface area contributed by atoms with Crippen LogP contribution in [0.15, 0.2) is 0 Å². The van der Waals surface area contributed by atoms with Gasteiger partial charge in [0.1, 0.15) is 0 Å². The normalized spacial score (nSPS) is 20.7. The minimum absolute atomic E-state index is 0.0262. The maximum atomic E-state index is 11.9. The van der Waals surface area contributed by atoms with Gasteiger partial charge >= 0.3 is 0 Å². The molecule has 2 N–H and O–H groups in total. The molecule has 0 atom stereocenters. The molecule has 2 aliphatic rings. The predicted molar refractivity (Wildman–Crippen MR) is 77.4 cm³/mol. The molecule has 20 heavy (non-hydrogen) atoms. The van der Waals surface area contributed by atoms with Crippen LogP contribution < -0.4 is 10.6 Å². The first-order valence-corrected chi connectivity index (χ1v) is 7.73. The van der Waals surface area contributed by atoms with E-state index >= 15 is 0 Å². The van der Waals surface area contributed by atoms with Gasteiger partial charge in [0.25, 0.3) is 0 Å². The molecular weight excluding hydrogens is 256 g/mol. The van der Waals surface area contributed by atoms with Crippen molar-refractivity contribution in [3.63, 3.8) is 0 Å². The Morgan fingerprint density at radius 2 is 1.70 bits per heavy atom. The molecule has 114 valence electrons. The monoisotopic (exact) mass is 282 g/mol. The molecule has 0 aliphatic carbocycles. The van der Waals surface area contributed by atoms with Crippen molar-refractivity contribution in [1.82, 2.24) is 20.4 Å². The lowest BCUT2D eigenvalue weighted by atomic mass is 10.1. The summed E-state index contributed by atoms with van der Waals surface area (Å²) in [5.74, 6) is 0.200. The minimum Gasteiger partial charge on any atom is -0.354 e. The highest BCUT2D eigenvalue weighted by Gasteiger charge is 2.17. The van der Waals surface area contributed by atoms with Crippen LogP contribution >= 0.6 is 0 Å². The summed E-state index contributed by atoms with van der Waals surface area (Å²) in [6, 6.07) is 0. The molecule has 6 heteroatoms. The highest BCUT2D eigenvalue weighted by molar-refractivity contribution is 5.80. The van der Waals surface area contributed by atoms with Crippen molar-refractivity contribution in [1.29, 1.82) is 0 Å². The third-order valence-electron chi connectivity index (χ3n) is 3.95. The summed E-state index contributed by atoms with van der Waals surface area (Å²) in [7, 11) is 0. The molecule has 0 aromatic carbocycles. The van der Waals surface area contributed by atoms with Crippen LogP contribution in [-0.2, 0) is 9.59 Å². The standard InChI is InChI=1S/C14H26N4O2/c19-13(12-17-10-6-15-7-11-17)16-5-4-14(20)18-8-2-1-3-9-18/h15H,1-12H2,(H,16,19). The van der Waals surface area contributed by atoms with E-state index in [0.29, 0.717) is 19.5 Å². The van der Waals surface area contributed by atoms with E-state index in [1.807, 2.05) is 4.90 Å². The first kappa shape index (κ1) is 15.3. The summed E-state index contributed by atoms with van der Waals surface area (Å²) in [4.78, 5) is 27.8. The third-order valence-corrected chi connectivity index (χ3v) is 3.95. The number of likely N-dealkylation sites (tertiary alicyclic amines) is 1. The first-order chi connectivity index (χ1) is 9.75. The molecule has 0 spiro atoms. The van der Waals surface area contributed by atoms with E-state index in [1.165, 1.54) is 6.42 Å². The number of nitrogens with one attached hydrogen (secondary N) is 2. The Morgan fingerprint density at radius 3 is 2.40 bits per heavy atom. The molecule has 2 aliphatic heterocycles. The quantitative estimate of drug-likeness (QED) is 0.707. The van der Waals surface area contributed by atoms with E-state index in [1.54, 1.807) is 0 Å². The number of carbonyl (C=O) groups is 2. The molecule has 2 amide bonds. The fourth-order valence-corrected chi connectivity index (χ4v) is 2.74.